The molecule has 0 spiro atoms. The first-order valence-electron chi connectivity index (χ1n) is 5.76. The van der Waals surface area contributed by atoms with Gasteiger partial charge in [-0.25, -0.2) is 0 Å². The quantitative estimate of drug-likeness (QED) is 0.773. The average Bonchev–Trinajstić information content (AvgIpc) is 2.72. The number of hydrogen-bond acceptors (Lipinski definition) is 3. The number of nitrogens with one attached hydrogen (secondary N) is 1. The summed E-state index contributed by atoms with van der Waals surface area (Å²) in [5, 5.41) is 12.2. The number of carbonyl (C=O) groups is 1. The second-order valence-electron chi connectivity index (χ2n) is 4.64. The summed E-state index contributed by atoms with van der Waals surface area (Å²) in [6, 6.07) is 4.99. The van der Waals surface area contributed by atoms with Crippen LogP contribution >= 0.6 is 0 Å². The van der Waals surface area contributed by atoms with Gasteiger partial charge in [0.1, 0.15) is 11.4 Å². The summed E-state index contributed by atoms with van der Waals surface area (Å²) in [6.07, 6.45) is 1.66. The molecule has 1 aromatic carbocycles. The molecule has 1 aliphatic heterocycles. The number of amides is 1. The molecule has 0 aliphatic carbocycles. The fraction of sp³-hybridized carbons (Fsp3) is 0.462. The van der Waals surface area contributed by atoms with Crippen LogP contribution in [0, 0.1) is 6.92 Å². The molecule has 0 aromatic heterocycles. The fourth-order valence-corrected chi connectivity index (χ4v) is 1.95. The van der Waals surface area contributed by atoms with E-state index in [-0.39, 0.29) is 11.7 Å². The molecular formula is C13H17NO3. The van der Waals surface area contributed by atoms with E-state index >= 15 is 0 Å². The third kappa shape index (κ3) is 2.42. The number of ether oxygens (including phenoxy) is 1. The van der Waals surface area contributed by atoms with E-state index in [9.17, 15) is 9.90 Å². The number of carbonyl (C=O) groups excluding carboxylic acids is 1. The van der Waals surface area contributed by atoms with Gasteiger partial charge in [-0.05, 0) is 50.5 Å². The van der Waals surface area contributed by atoms with Crippen molar-refractivity contribution in [1.82, 2.24) is 0 Å². The zero-order chi connectivity index (χ0) is 12.5. The summed E-state index contributed by atoms with van der Waals surface area (Å²) in [7, 11) is 0. The molecule has 0 bridgehead atoms. The molecule has 1 amide bonds. The highest BCUT2D eigenvalue weighted by molar-refractivity contribution is 5.97. The van der Waals surface area contributed by atoms with Crippen molar-refractivity contribution < 1.29 is 14.6 Å². The van der Waals surface area contributed by atoms with E-state index < -0.39 is 5.60 Å². The summed E-state index contributed by atoms with van der Waals surface area (Å²) in [4.78, 5) is 12.0. The lowest BCUT2D eigenvalue weighted by Crippen LogP contribution is -2.39. The number of benzene rings is 1. The van der Waals surface area contributed by atoms with Gasteiger partial charge in [0.15, 0.2) is 0 Å². The molecule has 1 atom stereocenters. The molecule has 4 nitrogen and oxygen atoms in total. The second-order valence-corrected chi connectivity index (χ2v) is 4.64. The van der Waals surface area contributed by atoms with Crippen LogP contribution in [0.25, 0.3) is 0 Å². The van der Waals surface area contributed by atoms with Gasteiger partial charge in [0, 0.05) is 12.3 Å². The number of anilines is 1. The predicted octanol–water partition coefficient (Wildman–Crippen LogP) is 2.21. The molecule has 2 N–H and O–H groups in total. The number of phenolic OH excluding ortho intramolecular Hbond substituents is 1. The monoisotopic (exact) mass is 235 g/mol. The van der Waals surface area contributed by atoms with E-state index in [4.69, 9.17) is 4.74 Å². The van der Waals surface area contributed by atoms with Crippen molar-refractivity contribution in [1.29, 1.82) is 0 Å². The van der Waals surface area contributed by atoms with Crippen molar-refractivity contribution >= 4 is 11.6 Å². The van der Waals surface area contributed by atoms with Crippen LogP contribution in [0.2, 0.25) is 0 Å². The van der Waals surface area contributed by atoms with Crippen LogP contribution in [-0.2, 0) is 9.53 Å². The van der Waals surface area contributed by atoms with E-state index in [1.54, 1.807) is 25.1 Å². The first-order chi connectivity index (χ1) is 8.01. The van der Waals surface area contributed by atoms with E-state index in [1.807, 2.05) is 6.92 Å². The van der Waals surface area contributed by atoms with Gasteiger partial charge < -0.3 is 15.2 Å². The van der Waals surface area contributed by atoms with Gasteiger partial charge in [0.25, 0.3) is 5.91 Å². The van der Waals surface area contributed by atoms with Crippen LogP contribution < -0.4 is 5.32 Å². The summed E-state index contributed by atoms with van der Waals surface area (Å²) in [5.41, 5.74) is 0.702. The highest BCUT2D eigenvalue weighted by Gasteiger charge is 2.37. The lowest BCUT2D eigenvalue weighted by Gasteiger charge is -2.22. The standard InChI is InChI=1S/C13H17NO3/c1-9-8-10(4-5-11(9)15)14-12(16)13(2)6-3-7-17-13/h4-5,8,15H,3,6-7H2,1-2H3,(H,14,16). The zero-order valence-electron chi connectivity index (χ0n) is 10.1. The molecule has 1 aromatic rings. The Hall–Kier alpha value is -1.55. The molecule has 0 saturated carbocycles. The lowest BCUT2D eigenvalue weighted by atomic mass is 10.0. The summed E-state index contributed by atoms with van der Waals surface area (Å²) in [6.45, 7) is 4.24. The summed E-state index contributed by atoms with van der Waals surface area (Å²) < 4.78 is 5.47. The molecule has 1 heterocycles. The lowest BCUT2D eigenvalue weighted by molar-refractivity contribution is -0.133. The third-order valence-corrected chi connectivity index (χ3v) is 3.15. The van der Waals surface area contributed by atoms with Crippen LogP contribution in [-0.4, -0.2) is 23.2 Å². The van der Waals surface area contributed by atoms with Gasteiger partial charge in [-0.15, -0.1) is 0 Å². The number of aryl methyl sites for hydroxylation is 1. The Labute approximate surface area is 101 Å². The van der Waals surface area contributed by atoms with Gasteiger partial charge >= 0.3 is 0 Å². The maximum absolute atomic E-state index is 12.0. The average molecular weight is 235 g/mol. The highest BCUT2D eigenvalue weighted by atomic mass is 16.5. The van der Waals surface area contributed by atoms with Gasteiger partial charge in [-0.1, -0.05) is 0 Å². The third-order valence-electron chi connectivity index (χ3n) is 3.15. The molecule has 0 radical (unpaired) electrons. The van der Waals surface area contributed by atoms with Crippen molar-refractivity contribution in [3.63, 3.8) is 0 Å². The first kappa shape index (κ1) is 11.9. The van der Waals surface area contributed by atoms with E-state index in [0.717, 1.165) is 18.4 Å². The van der Waals surface area contributed by atoms with Crippen molar-refractivity contribution in [3.05, 3.63) is 23.8 Å². The van der Waals surface area contributed by atoms with Crippen molar-refractivity contribution in [2.75, 3.05) is 11.9 Å². The normalized spacial score (nSPS) is 23.6. The zero-order valence-corrected chi connectivity index (χ0v) is 10.1. The van der Waals surface area contributed by atoms with Crippen LogP contribution in [0.3, 0.4) is 0 Å². The molecule has 1 saturated heterocycles. The Morgan fingerprint density at radius 1 is 1.53 bits per heavy atom. The van der Waals surface area contributed by atoms with E-state index in [0.29, 0.717) is 12.3 Å². The summed E-state index contributed by atoms with van der Waals surface area (Å²) in [5.74, 6) is 0.103. The van der Waals surface area contributed by atoms with Crippen LogP contribution in [0.5, 0.6) is 5.75 Å². The van der Waals surface area contributed by atoms with Gasteiger partial charge in [-0.3, -0.25) is 4.79 Å². The number of phenols is 1. The van der Waals surface area contributed by atoms with E-state index in [2.05, 4.69) is 5.32 Å². The minimum Gasteiger partial charge on any atom is -0.508 e. The van der Waals surface area contributed by atoms with Crippen LogP contribution in [0.1, 0.15) is 25.3 Å². The van der Waals surface area contributed by atoms with Crippen LogP contribution in [0.4, 0.5) is 5.69 Å². The van der Waals surface area contributed by atoms with Gasteiger partial charge in [0.2, 0.25) is 0 Å². The fourth-order valence-electron chi connectivity index (χ4n) is 1.95. The highest BCUT2D eigenvalue weighted by Crippen LogP contribution is 2.27. The Morgan fingerprint density at radius 2 is 2.29 bits per heavy atom. The number of aromatic hydroxyl groups is 1. The van der Waals surface area contributed by atoms with Gasteiger partial charge in [0.05, 0.1) is 0 Å². The Morgan fingerprint density at radius 3 is 2.88 bits per heavy atom. The van der Waals surface area contributed by atoms with Crippen molar-refractivity contribution in [3.8, 4) is 5.75 Å². The Balaban J connectivity index is 2.10. The summed E-state index contributed by atoms with van der Waals surface area (Å²) >= 11 is 0. The maximum atomic E-state index is 12.0. The molecule has 2 rings (SSSR count). The van der Waals surface area contributed by atoms with Crippen LogP contribution in [0.15, 0.2) is 18.2 Å². The van der Waals surface area contributed by atoms with Crippen molar-refractivity contribution in [2.45, 2.75) is 32.3 Å². The minimum atomic E-state index is -0.716. The molecule has 1 fully saturated rings. The number of rotatable bonds is 2. The smallest absolute Gasteiger partial charge is 0.256 e. The van der Waals surface area contributed by atoms with Gasteiger partial charge in [-0.2, -0.15) is 0 Å². The SMILES string of the molecule is Cc1cc(NC(=O)C2(C)CCCO2)ccc1O. The molecule has 1 unspecified atom stereocenters. The Bertz CT molecular complexity index is 436. The topological polar surface area (TPSA) is 58.6 Å². The first-order valence-corrected chi connectivity index (χ1v) is 5.76. The molecule has 92 valence electrons. The molecule has 17 heavy (non-hydrogen) atoms. The molecule has 4 heteroatoms. The van der Waals surface area contributed by atoms with Crippen molar-refractivity contribution in [2.24, 2.45) is 0 Å². The Kier molecular flexibility index (Phi) is 3.07. The molecule has 1 aliphatic rings. The number of hydrogen-bond donors (Lipinski definition) is 2. The molecular weight excluding hydrogens is 218 g/mol. The largest absolute Gasteiger partial charge is 0.508 e. The predicted molar refractivity (Wildman–Crippen MR) is 65.1 cm³/mol. The second kappa shape index (κ2) is 4.37. The maximum Gasteiger partial charge on any atom is 0.256 e. The minimum absolute atomic E-state index is 0.125. The van der Waals surface area contributed by atoms with E-state index in [1.165, 1.54) is 0 Å².